The second-order valence-corrected chi connectivity index (χ2v) is 6.24. The molecular weight excluding hydrogens is 368 g/mol. The van der Waals surface area contributed by atoms with E-state index in [0.29, 0.717) is 25.5 Å². The van der Waals surface area contributed by atoms with Crippen LogP contribution >= 0.6 is 15.9 Å². The van der Waals surface area contributed by atoms with Crippen LogP contribution in [0, 0.1) is 0 Å². The molecule has 0 radical (unpaired) electrons. The Morgan fingerprint density at radius 3 is 2.58 bits per heavy atom. The second-order valence-electron chi connectivity index (χ2n) is 5.45. The van der Waals surface area contributed by atoms with Gasteiger partial charge in [0.05, 0.1) is 11.1 Å². The highest BCUT2D eigenvalue weighted by molar-refractivity contribution is 9.10. The van der Waals surface area contributed by atoms with Gasteiger partial charge in [0.2, 0.25) is 0 Å². The summed E-state index contributed by atoms with van der Waals surface area (Å²) in [5.41, 5.74) is 3.63. The minimum atomic E-state index is -0.135. The van der Waals surface area contributed by atoms with Gasteiger partial charge in [-0.2, -0.15) is 0 Å². The van der Waals surface area contributed by atoms with Gasteiger partial charge in [0.25, 0.3) is 5.91 Å². The smallest absolute Gasteiger partial charge is 0.269 e. The van der Waals surface area contributed by atoms with E-state index in [1.54, 1.807) is 0 Å². The molecule has 0 saturated carbocycles. The van der Waals surface area contributed by atoms with Crippen molar-refractivity contribution in [3.05, 3.63) is 69.8 Å². The minimum absolute atomic E-state index is 0.135. The summed E-state index contributed by atoms with van der Waals surface area (Å²) in [7, 11) is 0. The van der Waals surface area contributed by atoms with E-state index in [9.17, 15) is 4.79 Å². The molecule has 0 fully saturated rings. The quantitative estimate of drug-likeness (QED) is 0.659. The fraction of sp³-hybridized carbons (Fsp3) is 0.211. The molecule has 0 unspecified atom stereocenters. The molecule has 0 saturated heterocycles. The highest BCUT2D eigenvalue weighted by Crippen LogP contribution is 2.27. The molecular formula is C19H19BrN2O2. The summed E-state index contributed by atoms with van der Waals surface area (Å²) < 4.78 is 6.27. The topological polar surface area (TPSA) is 54.1 Å². The Morgan fingerprint density at radius 1 is 1.12 bits per heavy atom. The Labute approximate surface area is 149 Å². The molecule has 2 N–H and O–H groups in total. The summed E-state index contributed by atoms with van der Waals surface area (Å²) in [6.07, 6.45) is 0. The predicted molar refractivity (Wildman–Crippen MR) is 98.9 cm³/mol. The summed E-state index contributed by atoms with van der Waals surface area (Å²) in [5, 5.41) is 3.98. The Morgan fingerprint density at radius 2 is 1.83 bits per heavy atom. The maximum Gasteiger partial charge on any atom is 0.269 e. The maximum atomic E-state index is 12.5. The molecule has 0 aliphatic rings. The van der Waals surface area contributed by atoms with Crippen LogP contribution in [0.3, 0.4) is 0 Å². The number of hydrogen-bond acceptors (Lipinski definition) is 2. The monoisotopic (exact) mass is 386 g/mol. The zero-order valence-corrected chi connectivity index (χ0v) is 15.0. The van der Waals surface area contributed by atoms with Gasteiger partial charge in [0, 0.05) is 24.1 Å². The van der Waals surface area contributed by atoms with E-state index in [0.717, 1.165) is 26.5 Å². The van der Waals surface area contributed by atoms with Crippen LogP contribution in [0.15, 0.2) is 53.0 Å². The number of carbonyl (C=O) groups excluding carboxylic acids is 1. The lowest BCUT2D eigenvalue weighted by molar-refractivity contribution is 0.0945. The number of H-pyrrole nitrogens is 1. The molecule has 0 spiro atoms. The number of aromatic amines is 1. The second kappa shape index (κ2) is 7.64. The number of carbonyl (C=O) groups is 1. The van der Waals surface area contributed by atoms with E-state index in [-0.39, 0.29) is 5.91 Å². The number of para-hydroxylation sites is 1. The third-order valence-corrected chi connectivity index (χ3v) is 4.71. The number of fused-ring (bicyclic) bond motifs is 1. The molecule has 4 nitrogen and oxygen atoms in total. The van der Waals surface area contributed by atoms with Crippen molar-refractivity contribution in [3.8, 4) is 0 Å². The number of halogens is 1. The van der Waals surface area contributed by atoms with E-state index in [2.05, 4.69) is 26.2 Å². The first-order valence-electron chi connectivity index (χ1n) is 7.89. The highest BCUT2D eigenvalue weighted by Gasteiger charge is 2.15. The molecule has 124 valence electrons. The van der Waals surface area contributed by atoms with Gasteiger partial charge in [0.1, 0.15) is 5.69 Å². The van der Waals surface area contributed by atoms with E-state index in [4.69, 9.17) is 4.74 Å². The molecule has 24 heavy (non-hydrogen) atoms. The van der Waals surface area contributed by atoms with Crippen molar-refractivity contribution in [2.45, 2.75) is 20.1 Å². The molecule has 1 heterocycles. The van der Waals surface area contributed by atoms with Gasteiger partial charge in [0.15, 0.2) is 0 Å². The molecule has 1 aromatic heterocycles. The lowest BCUT2D eigenvalue weighted by Gasteiger charge is -2.10. The lowest BCUT2D eigenvalue weighted by Crippen LogP contribution is -2.24. The van der Waals surface area contributed by atoms with Crippen molar-refractivity contribution < 1.29 is 9.53 Å². The van der Waals surface area contributed by atoms with Crippen molar-refractivity contribution in [1.82, 2.24) is 10.3 Å². The number of benzene rings is 2. The van der Waals surface area contributed by atoms with Gasteiger partial charge in [-0.05, 0) is 40.0 Å². The molecule has 0 aliphatic carbocycles. The Bertz CT molecular complexity index is 857. The summed E-state index contributed by atoms with van der Waals surface area (Å²) in [6, 6.07) is 15.8. The normalized spacial score (nSPS) is 10.9. The number of rotatable bonds is 6. The van der Waals surface area contributed by atoms with Gasteiger partial charge >= 0.3 is 0 Å². The minimum Gasteiger partial charge on any atom is -0.377 e. The van der Waals surface area contributed by atoms with Gasteiger partial charge in [-0.3, -0.25) is 4.79 Å². The molecule has 2 aromatic carbocycles. The third kappa shape index (κ3) is 3.52. The van der Waals surface area contributed by atoms with Crippen molar-refractivity contribution >= 4 is 32.7 Å². The standard InChI is InChI=1S/C19H19BrN2O2/c1-2-24-12-14-8-4-3-7-13(14)11-21-19(23)18-17(20)15-9-5-6-10-16(15)22-18/h3-10,22H,2,11-12H2,1H3,(H,21,23). The van der Waals surface area contributed by atoms with Crippen LogP contribution in [0.2, 0.25) is 0 Å². The van der Waals surface area contributed by atoms with Crippen LogP contribution < -0.4 is 5.32 Å². The average molecular weight is 387 g/mol. The predicted octanol–water partition coefficient (Wildman–Crippen LogP) is 4.40. The molecule has 0 bridgehead atoms. The van der Waals surface area contributed by atoms with Gasteiger partial charge in [-0.1, -0.05) is 42.5 Å². The number of aromatic nitrogens is 1. The fourth-order valence-electron chi connectivity index (χ4n) is 2.61. The van der Waals surface area contributed by atoms with Gasteiger partial charge < -0.3 is 15.0 Å². The van der Waals surface area contributed by atoms with Crippen LogP contribution in [0.25, 0.3) is 10.9 Å². The Hall–Kier alpha value is -2.11. The summed E-state index contributed by atoms with van der Waals surface area (Å²) in [6.45, 7) is 3.66. The first-order valence-corrected chi connectivity index (χ1v) is 8.69. The van der Waals surface area contributed by atoms with Crippen molar-refractivity contribution in [2.75, 3.05) is 6.61 Å². The van der Waals surface area contributed by atoms with Gasteiger partial charge in [-0.25, -0.2) is 0 Å². The zero-order chi connectivity index (χ0) is 16.9. The molecule has 3 rings (SSSR count). The third-order valence-electron chi connectivity index (χ3n) is 3.89. The molecule has 3 aromatic rings. The Balaban J connectivity index is 1.74. The SMILES string of the molecule is CCOCc1ccccc1CNC(=O)c1[nH]c2ccccc2c1Br. The summed E-state index contributed by atoms with van der Waals surface area (Å²) >= 11 is 3.52. The molecule has 1 amide bonds. The fourth-order valence-corrected chi connectivity index (χ4v) is 3.24. The van der Waals surface area contributed by atoms with Crippen LogP contribution in [0.1, 0.15) is 28.5 Å². The summed E-state index contributed by atoms with van der Waals surface area (Å²) in [5.74, 6) is -0.135. The van der Waals surface area contributed by atoms with Crippen molar-refractivity contribution in [3.63, 3.8) is 0 Å². The number of ether oxygens (including phenoxy) is 1. The first kappa shape index (κ1) is 16.7. The van der Waals surface area contributed by atoms with Crippen molar-refractivity contribution in [1.29, 1.82) is 0 Å². The first-order chi connectivity index (χ1) is 11.7. The number of nitrogens with one attached hydrogen (secondary N) is 2. The molecule has 0 aliphatic heterocycles. The van der Waals surface area contributed by atoms with Crippen LogP contribution in [-0.4, -0.2) is 17.5 Å². The molecule has 5 heteroatoms. The van der Waals surface area contributed by atoms with Crippen LogP contribution in [0.5, 0.6) is 0 Å². The number of hydrogen-bond donors (Lipinski definition) is 2. The summed E-state index contributed by atoms with van der Waals surface area (Å²) in [4.78, 5) is 15.7. The van der Waals surface area contributed by atoms with E-state index < -0.39 is 0 Å². The Kier molecular flexibility index (Phi) is 5.33. The van der Waals surface area contributed by atoms with E-state index in [1.807, 2.05) is 55.5 Å². The van der Waals surface area contributed by atoms with Crippen LogP contribution in [-0.2, 0) is 17.9 Å². The molecule has 0 atom stereocenters. The average Bonchev–Trinajstić information content (AvgIpc) is 2.96. The largest absolute Gasteiger partial charge is 0.377 e. The highest BCUT2D eigenvalue weighted by atomic mass is 79.9. The number of amides is 1. The zero-order valence-electron chi connectivity index (χ0n) is 13.4. The maximum absolute atomic E-state index is 12.5. The van der Waals surface area contributed by atoms with Crippen LogP contribution in [0.4, 0.5) is 0 Å². The van der Waals surface area contributed by atoms with E-state index >= 15 is 0 Å². The lowest BCUT2D eigenvalue weighted by atomic mass is 10.1. The van der Waals surface area contributed by atoms with Crippen molar-refractivity contribution in [2.24, 2.45) is 0 Å². The van der Waals surface area contributed by atoms with E-state index in [1.165, 1.54) is 0 Å². The van der Waals surface area contributed by atoms with Gasteiger partial charge in [-0.15, -0.1) is 0 Å².